The standard InChI is InChI=1S/C20H13NO2/c1-2-13-7-8-19-16(9-13)18(22)11-20(23-19)17-10-14-5-3-4-6-15(14)12-21-17/h2-12H,1H2. The first-order valence-corrected chi connectivity index (χ1v) is 7.30. The lowest BCUT2D eigenvalue weighted by molar-refractivity contribution is 0.616. The van der Waals surface area contributed by atoms with Crippen LogP contribution in [0.5, 0.6) is 0 Å². The summed E-state index contributed by atoms with van der Waals surface area (Å²) in [6.07, 6.45) is 3.49. The van der Waals surface area contributed by atoms with Crippen molar-refractivity contribution in [3.8, 4) is 11.5 Å². The zero-order valence-electron chi connectivity index (χ0n) is 12.3. The third-order valence-corrected chi connectivity index (χ3v) is 3.87. The van der Waals surface area contributed by atoms with Crippen molar-refractivity contribution in [2.24, 2.45) is 0 Å². The molecule has 4 rings (SSSR count). The lowest BCUT2D eigenvalue weighted by atomic mass is 10.1. The number of nitrogens with zero attached hydrogens (tertiary/aromatic N) is 1. The Bertz CT molecular complexity index is 1110. The van der Waals surface area contributed by atoms with Crippen LogP contribution in [0.15, 0.2) is 76.6 Å². The molecule has 0 aliphatic heterocycles. The molecule has 2 aromatic carbocycles. The number of rotatable bonds is 2. The van der Waals surface area contributed by atoms with Crippen LogP contribution in [0.1, 0.15) is 5.56 Å². The molecule has 0 radical (unpaired) electrons. The number of benzene rings is 2. The molecule has 23 heavy (non-hydrogen) atoms. The van der Waals surface area contributed by atoms with Gasteiger partial charge in [0.1, 0.15) is 11.3 Å². The van der Waals surface area contributed by atoms with Crippen LogP contribution in [0, 0.1) is 0 Å². The van der Waals surface area contributed by atoms with Gasteiger partial charge in [0, 0.05) is 17.6 Å². The summed E-state index contributed by atoms with van der Waals surface area (Å²) in [5, 5.41) is 2.66. The van der Waals surface area contributed by atoms with Gasteiger partial charge >= 0.3 is 0 Å². The average Bonchev–Trinajstić information content (AvgIpc) is 2.61. The first-order valence-electron chi connectivity index (χ1n) is 7.30. The lowest BCUT2D eigenvalue weighted by Gasteiger charge is -2.05. The molecule has 0 amide bonds. The molecule has 0 fully saturated rings. The second-order valence-corrected chi connectivity index (χ2v) is 5.35. The molecule has 3 heteroatoms. The summed E-state index contributed by atoms with van der Waals surface area (Å²) in [7, 11) is 0. The molecule has 110 valence electrons. The Labute approximate surface area is 132 Å². The fourth-order valence-electron chi connectivity index (χ4n) is 2.65. The normalized spacial score (nSPS) is 11.0. The highest BCUT2D eigenvalue weighted by Gasteiger charge is 2.09. The molecule has 0 atom stereocenters. The molecule has 0 saturated carbocycles. The molecule has 0 bridgehead atoms. The van der Waals surface area contributed by atoms with Crippen LogP contribution >= 0.6 is 0 Å². The van der Waals surface area contributed by atoms with Crippen molar-refractivity contribution in [1.29, 1.82) is 0 Å². The van der Waals surface area contributed by atoms with Crippen LogP contribution in [-0.4, -0.2) is 4.98 Å². The Morgan fingerprint density at radius 3 is 2.65 bits per heavy atom. The largest absolute Gasteiger partial charge is 0.454 e. The number of pyridine rings is 1. The van der Waals surface area contributed by atoms with Crippen LogP contribution in [0.25, 0.3) is 39.3 Å². The van der Waals surface area contributed by atoms with Crippen LogP contribution in [0.2, 0.25) is 0 Å². The number of aromatic nitrogens is 1. The maximum absolute atomic E-state index is 12.4. The minimum Gasteiger partial charge on any atom is -0.454 e. The first-order chi connectivity index (χ1) is 11.2. The predicted molar refractivity (Wildman–Crippen MR) is 93.3 cm³/mol. The molecule has 0 unspecified atom stereocenters. The van der Waals surface area contributed by atoms with Gasteiger partial charge in [-0.15, -0.1) is 0 Å². The van der Waals surface area contributed by atoms with E-state index in [1.807, 2.05) is 36.4 Å². The topological polar surface area (TPSA) is 43.1 Å². The van der Waals surface area contributed by atoms with Gasteiger partial charge in [-0.25, -0.2) is 0 Å². The highest BCUT2D eigenvalue weighted by Crippen LogP contribution is 2.24. The van der Waals surface area contributed by atoms with Crippen LogP contribution in [0.3, 0.4) is 0 Å². The first kappa shape index (κ1) is 13.5. The number of hydrogen-bond donors (Lipinski definition) is 0. The summed E-state index contributed by atoms with van der Waals surface area (Å²) in [5.74, 6) is 0.472. The molecule has 2 heterocycles. The van der Waals surface area contributed by atoms with E-state index in [4.69, 9.17) is 4.42 Å². The van der Waals surface area contributed by atoms with Gasteiger partial charge in [0.15, 0.2) is 11.2 Å². The van der Waals surface area contributed by atoms with Crippen molar-refractivity contribution in [1.82, 2.24) is 4.98 Å². The van der Waals surface area contributed by atoms with E-state index in [2.05, 4.69) is 11.6 Å². The molecule has 0 saturated heterocycles. The third-order valence-electron chi connectivity index (χ3n) is 3.87. The van der Waals surface area contributed by atoms with Crippen molar-refractivity contribution < 1.29 is 4.42 Å². The van der Waals surface area contributed by atoms with E-state index in [0.29, 0.717) is 22.4 Å². The molecular weight excluding hydrogens is 286 g/mol. The molecule has 4 aromatic rings. The van der Waals surface area contributed by atoms with Gasteiger partial charge < -0.3 is 4.42 Å². The number of hydrogen-bond acceptors (Lipinski definition) is 3. The summed E-state index contributed by atoms with van der Waals surface area (Å²) in [6, 6.07) is 16.8. The molecular formula is C20H13NO2. The van der Waals surface area contributed by atoms with Crippen molar-refractivity contribution in [2.75, 3.05) is 0 Å². The Morgan fingerprint density at radius 1 is 1.00 bits per heavy atom. The zero-order valence-corrected chi connectivity index (χ0v) is 12.3. The van der Waals surface area contributed by atoms with Crippen molar-refractivity contribution in [2.45, 2.75) is 0 Å². The quantitative estimate of drug-likeness (QED) is 0.541. The second-order valence-electron chi connectivity index (χ2n) is 5.35. The molecule has 3 nitrogen and oxygen atoms in total. The van der Waals surface area contributed by atoms with Gasteiger partial charge in [0.25, 0.3) is 0 Å². The Hall–Kier alpha value is -3.20. The van der Waals surface area contributed by atoms with Crippen molar-refractivity contribution >= 4 is 27.8 Å². The van der Waals surface area contributed by atoms with E-state index in [9.17, 15) is 4.79 Å². The molecule has 2 aromatic heterocycles. The van der Waals surface area contributed by atoms with Crippen molar-refractivity contribution in [3.63, 3.8) is 0 Å². The van der Waals surface area contributed by atoms with E-state index in [-0.39, 0.29) is 5.43 Å². The Morgan fingerprint density at radius 2 is 1.83 bits per heavy atom. The summed E-state index contributed by atoms with van der Waals surface area (Å²) < 4.78 is 5.88. The summed E-state index contributed by atoms with van der Waals surface area (Å²) in [6.45, 7) is 3.72. The van der Waals surface area contributed by atoms with Crippen LogP contribution in [0.4, 0.5) is 0 Å². The smallest absolute Gasteiger partial charge is 0.193 e. The molecule has 0 N–H and O–H groups in total. The maximum atomic E-state index is 12.4. The van der Waals surface area contributed by atoms with E-state index >= 15 is 0 Å². The van der Waals surface area contributed by atoms with E-state index in [1.165, 1.54) is 6.07 Å². The fraction of sp³-hybridized carbons (Fsp3) is 0. The Kier molecular flexibility index (Phi) is 3.05. The highest BCUT2D eigenvalue weighted by molar-refractivity contribution is 5.85. The monoisotopic (exact) mass is 299 g/mol. The van der Waals surface area contributed by atoms with E-state index in [0.717, 1.165) is 16.3 Å². The molecule has 0 aliphatic carbocycles. The van der Waals surface area contributed by atoms with Gasteiger partial charge in [-0.05, 0) is 29.1 Å². The predicted octanol–water partition coefficient (Wildman–Crippen LogP) is 4.65. The van der Waals surface area contributed by atoms with Gasteiger partial charge in [-0.1, -0.05) is 43.0 Å². The fourth-order valence-corrected chi connectivity index (χ4v) is 2.65. The maximum Gasteiger partial charge on any atom is 0.193 e. The summed E-state index contributed by atoms with van der Waals surface area (Å²) in [4.78, 5) is 16.8. The lowest BCUT2D eigenvalue weighted by Crippen LogP contribution is -2.01. The van der Waals surface area contributed by atoms with Crippen LogP contribution < -0.4 is 5.43 Å². The molecule has 0 spiro atoms. The molecule has 0 aliphatic rings. The zero-order chi connectivity index (χ0) is 15.8. The van der Waals surface area contributed by atoms with Gasteiger partial charge in [0.05, 0.1) is 5.39 Å². The minimum absolute atomic E-state index is 0.0834. The third kappa shape index (κ3) is 2.32. The summed E-state index contributed by atoms with van der Waals surface area (Å²) in [5.41, 5.74) is 2.00. The Balaban J connectivity index is 1.93. The van der Waals surface area contributed by atoms with Gasteiger partial charge in [-0.3, -0.25) is 9.78 Å². The van der Waals surface area contributed by atoms with Crippen LogP contribution in [-0.2, 0) is 0 Å². The van der Waals surface area contributed by atoms with E-state index < -0.39 is 0 Å². The van der Waals surface area contributed by atoms with Gasteiger partial charge in [0.2, 0.25) is 0 Å². The minimum atomic E-state index is -0.0834. The SMILES string of the molecule is C=Cc1ccc2oc(-c3cc4ccccc4cn3)cc(=O)c2c1. The van der Waals surface area contributed by atoms with E-state index in [1.54, 1.807) is 24.4 Å². The second kappa shape index (κ2) is 5.21. The average molecular weight is 299 g/mol. The van der Waals surface area contributed by atoms with Crippen molar-refractivity contribution in [3.05, 3.63) is 83.2 Å². The summed E-state index contributed by atoms with van der Waals surface area (Å²) >= 11 is 0. The number of fused-ring (bicyclic) bond motifs is 2. The van der Waals surface area contributed by atoms with Gasteiger partial charge in [-0.2, -0.15) is 0 Å². The highest BCUT2D eigenvalue weighted by atomic mass is 16.3.